The van der Waals surface area contributed by atoms with Crippen molar-refractivity contribution in [3.8, 4) is 0 Å². The number of carbonyl (C=O) groups is 1. The first-order valence-corrected chi connectivity index (χ1v) is 8.91. The molecule has 2 aromatic rings. The van der Waals surface area contributed by atoms with Crippen LogP contribution in [0.15, 0.2) is 18.6 Å². The molecule has 1 aliphatic rings. The van der Waals surface area contributed by atoms with Gasteiger partial charge in [-0.1, -0.05) is 20.8 Å². The fourth-order valence-corrected chi connectivity index (χ4v) is 3.46. The van der Waals surface area contributed by atoms with Crippen molar-refractivity contribution in [1.82, 2.24) is 24.8 Å². The van der Waals surface area contributed by atoms with Crippen LogP contribution in [0.25, 0.3) is 11.2 Å². The molecule has 0 spiro atoms. The van der Waals surface area contributed by atoms with Gasteiger partial charge in [-0.25, -0.2) is 9.97 Å². The van der Waals surface area contributed by atoms with Gasteiger partial charge in [0.25, 0.3) is 5.91 Å². The van der Waals surface area contributed by atoms with Gasteiger partial charge in [0.05, 0.1) is 11.9 Å². The molecule has 6 nitrogen and oxygen atoms in total. The molecule has 1 unspecified atom stereocenters. The topological polar surface area (TPSA) is 63.1 Å². The Hall–Kier alpha value is -1.95. The van der Waals surface area contributed by atoms with Crippen LogP contribution in [-0.4, -0.2) is 51.0 Å². The van der Waals surface area contributed by atoms with Crippen LogP contribution in [0.3, 0.4) is 0 Å². The second-order valence-corrected chi connectivity index (χ2v) is 6.99. The van der Waals surface area contributed by atoms with Gasteiger partial charge in [0.15, 0.2) is 5.65 Å². The number of hydrogen-bond donors (Lipinski definition) is 1. The average molecular weight is 329 g/mol. The minimum absolute atomic E-state index is 0.0641. The molecule has 3 heterocycles. The zero-order valence-corrected chi connectivity index (χ0v) is 14.8. The Labute approximate surface area is 143 Å². The number of hydrogen-bond acceptors (Lipinski definition) is 4. The Morgan fingerprint density at radius 1 is 1.42 bits per heavy atom. The molecule has 0 bridgehead atoms. The number of likely N-dealkylation sites (tertiary alicyclic amines) is 1. The highest BCUT2D eigenvalue weighted by molar-refractivity contribution is 5.96. The van der Waals surface area contributed by atoms with Crippen molar-refractivity contribution in [1.29, 1.82) is 0 Å². The van der Waals surface area contributed by atoms with E-state index in [1.54, 1.807) is 12.5 Å². The highest BCUT2D eigenvalue weighted by Gasteiger charge is 2.23. The molecule has 1 fully saturated rings. The standard InChI is InChI=1S/C18H27N5O/c1-4-22-7-5-6-15(22)10-20-18(24)14-8-16-17(19-9-14)23(12-21-16)11-13(2)3/h8-9,12-13,15H,4-7,10-11H2,1-3H3,(H,20,24). The summed E-state index contributed by atoms with van der Waals surface area (Å²) in [6, 6.07) is 2.29. The molecule has 1 N–H and O–H groups in total. The van der Waals surface area contributed by atoms with Crippen molar-refractivity contribution in [2.75, 3.05) is 19.6 Å². The zero-order chi connectivity index (χ0) is 17.1. The fraction of sp³-hybridized carbons (Fsp3) is 0.611. The van der Waals surface area contributed by atoms with E-state index < -0.39 is 0 Å². The number of likely N-dealkylation sites (N-methyl/N-ethyl adjacent to an activating group) is 1. The quantitative estimate of drug-likeness (QED) is 0.883. The Kier molecular flexibility index (Phi) is 5.14. The molecule has 0 aliphatic carbocycles. The number of aromatic nitrogens is 3. The maximum atomic E-state index is 12.4. The van der Waals surface area contributed by atoms with E-state index in [4.69, 9.17) is 0 Å². The van der Waals surface area contributed by atoms with E-state index in [1.807, 2.05) is 10.6 Å². The SMILES string of the molecule is CCN1CCCC1CNC(=O)c1cnc2c(c1)ncn2CC(C)C. The van der Waals surface area contributed by atoms with Gasteiger partial charge in [-0.05, 0) is 37.9 Å². The lowest BCUT2D eigenvalue weighted by Crippen LogP contribution is -2.40. The second kappa shape index (κ2) is 7.30. The summed E-state index contributed by atoms with van der Waals surface area (Å²) in [4.78, 5) is 23.7. The summed E-state index contributed by atoms with van der Waals surface area (Å²) in [6.07, 6.45) is 5.83. The predicted molar refractivity (Wildman–Crippen MR) is 95.0 cm³/mol. The summed E-state index contributed by atoms with van der Waals surface area (Å²) in [6.45, 7) is 10.3. The van der Waals surface area contributed by atoms with Gasteiger partial charge >= 0.3 is 0 Å². The number of imidazole rings is 1. The minimum atomic E-state index is -0.0641. The normalized spacial score (nSPS) is 18.6. The summed E-state index contributed by atoms with van der Waals surface area (Å²) in [5, 5.41) is 3.05. The molecule has 1 saturated heterocycles. The summed E-state index contributed by atoms with van der Waals surface area (Å²) in [7, 11) is 0. The first-order valence-electron chi connectivity index (χ1n) is 8.91. The number of amides is 1. The zero-order valence-electron chi connectivity index (χ0n) is 14.8. The van der Waals surface area contributed by atoms with E-state index in [1.165, 1.54) is 6.42 Å². The Bertz CT molecular complexity index is 708. The lowest BCUT2D eigenvalue weighted by atomic mass is 10.2. The Morgan fingerprint density at radius 2 is 2.25 bits per heavy atom. The molecule has 1 atom stereocenters. The van der Waals surface area contributed by atoms with Gasteiger partial charge in [-0.2, -0.15) is 0 Å². The number of pyridine rings is 1. The van der Waals surface area contributed by atoms with Gasteiger partial charge in [0.1, 0.15) is 5.52 Å². The molecule has 1 amide bonds. The van der Waals surface area contributed by atoms with E-state index in [0.29, 0.717) is 24.1 Å². The van der Waals surface area contributed by atoms with Crippen LogP contribution in [-0.2, 0) is 6.54 Å². The Morgan fingerprint density at radius 3 is 3.00 bits per heavy atom. The van der Waals surface area contributed by atoms with E-state index in [-0.39, 0.29) is 5.91 Å². The number of nitrogens with one attached hydrogen (secondary N) is 1. The van der Waals surface area contributed by atoms with E-state index in [2.05, 4.69) is 41.0 Å². The highest BCUT2D eigenvalue weighted by Crippen LogP contribution is 2.16. The molecule has 2 aromatic heterocycles. The molecule has 130 valence electrons. The first-order chi connectivity index (χ1) is 11.6. The summed E-state index contributed by atoms with van der Waals surface area (Å²) in [5.74, 6) is 0.464. The first kappa shape index (κ1) is 16.9. The Balaban J connectivity index is 1.67. The third-order valence-corrected chi connectivity index (χ3v) is 4.68. The maximum absolute atomic E-state index is 12.4. The van der Waals surface area contributed by atoms with Crippen LogP contribution in [0.2, 0.25) is 0 Å². The molecular weight excluding hydrogens is 302 g/mol. The number of fused-ring (bicyclic) bond motifs is 1. The lowest BCUT2D eigenvalue weighted by Gasteiger charge is -2.22. The van der Waals surface area contributed by atoms with Crippen molar-refractivity contribution in [3.63, 3.8) is 0 Å². The highest BCUT2D eigenvalue weighted by atomic mass is 16.1. The smallest absolute Gasteiger partial charge is 0.252 e. The molecule has 24 heavy (non-hydrogen) atoms. The van der Waals surface area contributed by atoms with Crippen LogP contribution in [0, 0.1) is 5.92 Å². The average Bonchev–Trinajstić information content (AvgIpc) is 3.18. The van der Waals surface area contributed by atoms with Gasteiger partial charge in [0, 0.05) is 25.3 Å². The molecule has 0 radical (unpaired) electrons. The molecule has 6 heteroatoms. The predicted octanol–water partition coefficient (Wildman–Crippen LogP) is 2.30. The van der Waals surface area contributed by atoms with Gasteiger partial charge in [0.2, 0.25) is 0 Å². The van der Waals surface area contributed by atoms with Crippen molar-refractivity contribution in [2.24, 2.45) is 5.92 Å². The monoisotopic (exact) mass is 329 g/mol. The van der Waals surface area contributed by atoms with Crippen molar-refractivity contribution >= 4 is 17.1 Å². The van der Waals surface area contributed by atoms with Gasteiger partial charge in [-0.15, -0.1) is 0 Å². The van der Waals surface area contributed by atoms with Crippen LogP contribution < -0.4 is 5.32 Å². The molecule has 0 aromatic carbocycles. The molecule has 0 saturated carbocycles. The third-order valence-electron chi connectivity index (χ3n) is 4.68. The largest absolute Gasteiger partial charge is 0.350 e. The minimum Gasteiger partial charge on any atom is -0.350 e. The van der Waals surface area contributed by atoms with E-state index >= 15 is 0 Å². The molecule has 3 rings (SSSR count). The lowest BCUT2D eigenvalue weighted by molar-refractivity contribution is 0.0941. The number of carbonyl (C=O) groups excluding carboxylic acids is 1. The van der Waals surface area contributed by atoms with Crippen LogP contribution in [0.1, 0.15) is 44.0 Å². The van der Waals surface area contributed by atoms with Gasteiger partial charge < -0.3 is 9.88 Å². The molecule has 1 aliphatic heterocycles. The summed E-state index contributed by atoms with van der Waals surface area (Å²) < 4.78 is 2.04. The number of nitrogens with zero attached hydrogens (tertiary/aromatic N) is 4. The maximum Gasteiger partial charge on any atom is 0.252 e. The van der Waals surface area contributed by atoms with Gasteiger partial charge in [-0.3, -0.25) is 9.69 Å². The van der Waals surface area contributed by atoms with Crippen LogP contribution in [0.5, 0.6) is 0 Å². The summed E-state index contributed by atoms with van der Waals surface area (Å²) >= 11 is 0. The van der Waals surface area contributed by atoms with E-state index in [0.717, 1.165) is 37.2 Å². The van der Waals surface area contributed by atoms with Crippen molar-refractivity contribution < 1.29 is 4.79 Å². The number of rotatable bonds is 6. The second-order valence-electron chi connectivity index (χ2n) is 6.99. The van der Waals surface area contributed by atoms with Crippen LogP contribution >= 0.6 is 0 Å². The van der Waals surface area contributed by atoms with Crippen molar-refractivity contribution in [3.05, 3.63) is 24.2 Å². The summed E-state index contributed by atoms with van der Waals surface area (Å²) in [5.41, 5.74) is 2.20. The molecular formula is C18H27N5O. The van der Waals surface area contributed by atoms with Crippen LogP contribution in [0.4, 0.5) is 0 Å². The van der Waals surface area contributed by atoms with E-state index in [9.17, 15) is 4.79 Å². The third kappa shape index (κ3) is 3.59. The van der Waals surface area contributed by atoms with Crippen molar-refractivity contribution in [2.45, 2.75) is 46.2 Å². The fourth-order valence-electron chi connectivity index (χ4n) is 3.46.